The maximum atomic E-state index is 12.3. The molecular weight excluding hydrogens is 278 g/mol. The molecule has 0 aliphatic carbocycles. The number of aromatic nitrogens is 1. The van der Waals surface area contributed by atoms with Crippen LogP contribution in [0.2, 0.25) is 0 Å². The third kappa shape index (κ3) is 4.36. The first kappa shape index (κ1) is 16.6. The largest absolute Gasteiger partial charge is 0.444 e. The van der Waals surface area contributed by atoms with Crippen molar-refractivity contribution in [2.75, 3.05) is 25.0 Å². The molecule has 0 aromatic carbocycles. The minimum Gasteiger partial charge on any atom is -0.444 e. The lowest BCUT2D eigenvalue weighted by Crippen LogP contribution is -2.44. The zero-order chi connectivity index (χ0) is 16.3. The number of hydrogen-bond acceptors (Lipinski definition) is 4. The third-order valence-corrected chi connectivity index (χ3v) is 3.78. The Labute approximate surface area is 133 Å². The molecule has 22 heavy (non-hydrogen) atoms. The van der Waals surface area contributed by atoms with Gasteiger partial charge in [-0.15, -0.1) is 0 Å². The number of aryl methyl sites for hydroxylation is 1. The lowest BCUT2D eigenvalue weighted by Gasteiger charge is -2.31. The Bertz CT molecular complexity index is 508. The molecule has 1 fully saturated rings. The first-order chi connectivity index (χ1) is 10.3. The molecule has 2 rings (SSSR count). The van der Waals surface area contributed by atoms with E-state index in [9.17, 15) is 4.79 Å². The number of carbonyl (C=O) groups is 1. The molecule has 0 spiro atoms. The molecule has 5 nitrogen and oxygen atoms in total. The maximum absolute atomic E-state index is 12.3. The number of likely N-dealkylation sites (tertiary alicyclic amines) is 1. The summed E-state index contributed by atoms with van der Waals surface area (Å²) in [7, 11) is 2.02. The highest BCUT2D eigenvalue weighted by Gasteiger charge is 2.32. The Morgan fingerprint density at radius 2 is 2.18 bits per heavy atom. The van der Waals surface area contributed by atoms with Crippen LogP contribution in [-0.2, 0) is 4.74 Å². The van der Waals surface area contributed by atoms with Gasteiger partial charge in [0.1, 0.15) is 11.4 Å². The van der Waals surface area contributed by atoms with Gasteiger partial charge in [-0.25, -0.2) is 9.78 Å². The van der Waals surface area contributed by atoms with Crippen molar-refractivity contribution in [3.8, 4) is 0 Å². The van der Waals surface area contributed by atoms with Crippen LogP contribution in [0.15, 0.2) is 18.3 Å². The number of nitrogens with zero attached hydrogens (tertiary/aromatic N) is 3. The molecule has 1 saturated heterocycles. The number of pyridine rings is 1. The van der Waals surface area contributed by atoms with Gasteiger partial charge in [0.25, 0.3) is 0 Å². The van der Waals surface area contributed by atoms with Gasteiger partial charge < -0.3 is 14.5 Å². The van der Waals surface area contributed by atoms with Crippen molar-refractivity contribution >= 4 is 11.9 Å². The molecule has 0 N–H and O–H groups in total. The van der Waals surface area contributed by atoms with Crippen molar-refractivity contribution in [1.29, 1.82) is 0 Å². The van der Waals surface area contributed by atoms with Gasteiger partial charge in [-0.3, -0.25) is 0 Å². The van der Waals surface area contributed by atoms with E-state index < -0.39 is 5.60 Å². The van der Waals surface area contributed by atoms with Gasteiger partial charge >= 0.3 is 6.09 Å². The van der Waals surface area contributed by atoms with Crippen LogP contribution in [0.5, 0.6) is 0 Å². The number of ether oxygens (including phenoxy) is 1. The average Bonchev–Trinajstić information content (AvgIpc) is 2.85. The summed E-state index contributed by atoms with van der Waals surface area (Å²) in [5.41, 5.74) is 0.697. The number of likely N-dealkylation sites (N-methyl/N-ethyl adjacent to an activating group) is 1. The van der Waals surface area contributed by atoms with Crippen LogP contribution in [0.4, 0.5) is 10.6 Å². The summed E-state index contributed by atoms with van der Waals surface area (Å²) >= 11 is 0. The zero-order valence-electron chi connectivity index (χ0n) is 14.3. The van der Waals surface area contributed by atoms with E-state index in [0.29, 0.717) is 0 Å². The van der Waals surface area contributed by atoms with E-state index in [4.69, 9.17) is 4.74 Å². The van der Waals surface area contributed by atoms with Crippen LogP contribution in [0, 0.1) is 6.92 Å². The van der Waals surface area contributed by atoms with Gasteiger partial charge in [0, 0.05) is 26.3 Å². The number of carbonyl (C=O) groups excluding carboxylic acids is 1. The van der Waals surface area contributed by atoms with Crippen LogP contribution in [0.3, 0.4) is 0 Å². The summed E-state index contributed by atoms with van der Waals surface area (Å²) in [5.74, 6) is 0.932. The molecule has 1 aromatic rings. The smallest absolute Gasteiger partial charge is 0.410 e. The Morgan fingerprint density at radius 3 is 2.77 bits per heavy atom. The summed E-state index contributed by atoms with van der Waals surface area (Å²) in [4.78, 5) is 20.7. The van der Waals surface area contributed by atoms with Crippen molar-refractivity contribution in [2.45, 2.75) is 52.2 Å². The monoisotopic (exact) mass is 305 g/mol. The highest BCUT2D eigenvalue weighted by atomic mass is 16.6. The summed E-state index contributed by atoms with van der Waals surface area (Å²) in [6, 6.07) is 4.25. The second kappa shape index (κ2) is 6.55. The van der Waals surface area contributed by atoms with Crippen molar-refractivity contribution in [2.24, 2.45) is 0 Å². The van der Waals surface area contributed by atoms with Gasteiger partial charge in [0.2, 0.25) is 0 Å². The van der Waals surface area contributed by atoms with E-state index in [1.807, 2.05) is 51.9 Å². The maximum Gasteiger partial charge on any atom is 0.410 e. The van der Waals surface area contributed by atoms with E-state index in [1.54, 1.807) is 0 Å². The predicted octanol–water partition coefficient (Wildman–Crippen LogP) is 3.23. The molecule has 122 valence electrons. The lowest BCUT2D eigenvalue weighted by molar-refractivity contribution is 0.0232. The number of amides is 1. The number of rotatable bonds is 3. The molecule has 1 atom stereocenters. The van der Waals surface area contributed by atoms with Gasteiger partial charge in [-0.1, -0.05) is 6.07 Å². The van der Waals surface area contributed by atoms with Crippen molar-refractivity contribution < 1.29 is 9.53 Å². The number of anilines is 1. The van der Waals surface area contributed by atoms with E-state index in [-0.39, 0.29) is 12.1 Å². The molecule has 0 unspecified atom stereocenters. The van der Waals surface area contributed by atoms with E-state index >= 15 is 0 Å². The highest BCUT2D eigenvalue weighted by Crippen LogP contribution is 2.22. The number of hydrogen-bond donors (Lipinski definition) is 0. The Kier molecular flexibility index (Phi) is 4.94. The standard InChI is InChI=1S/C17H27N3O2/c1-13-8-9-15(18-11-13)19(5)12-14-7-6-10-20(14)16(21)22-17(2,3)4/h8-9,11,14H,6-7,10,12H2,1-5H3/t14-/m0/s1. The fourth-order valence-corrected chi connectivity index (χ4v) is 2.68. The summed E-state index contributed by atoms with van der Waals surface area (Å²) in [6.45, 7) is 9.27. The van der Waals surface area contributed by atoms with Gasteiger partial charge in [0.15, 0.2) is 0 Å². The van der Waals surface area contributed by atoms with Gasteiger partial charge in [-0.05, 0) is 52.2 Å². The van der Waals surface area contributed by atoms with Crippen molar-refractivity contribution in [3.05, 3.63) is 23.9 Å². The lowest BCUT2D eigenvalue weighted by atomic mass is 10.2. The fraction of sp³-hybridized carbons (Fsp3) is 0.647. The Morgan fingerprint density at radius 1 is 1.45 bits per heavy atom. The first-order valence-corrected chi connectivity index (χ1v) is 7.90. The molecule has 1 aliphatic rings. The fourth-order valence-electron chi connectivity index (χ4n) is 2.68. The molecule has 1 aromatic heterocycles. The molecule has 0 radical (unpaired) electrons. The van der Waals surface area contributed by atoms with E-state index in [2.05, 4.69) is 16.0 Å². The van der Waals surface area contributed by atoms with E-state index in [0.717, 1.165) is 37.3 Å². The molecular formula is C17H27N3O2. The van der Waals surface area contributed by atoms with Crippen molar-refractivity contribution in [3.63, 3.8) is 0 Å². The van der Waals surface area contributed by atoms with Crippen LogP contribution >= 0.6 is 0 Å². The second-order valence-electron chi connectivity index (χ2n) is 7.04. The summed E-state index contributed by atoms with van der Waals surface area (Å²) < 4.78 is 5.51. The topological polar surface area (TPSA) is 45.7 Å². The second-order valence-corrected chi connectivity index (χ2v) is 7.04. The van der Waals surface area contributed by atoms with Crippen LogP contribution in [0.25, 0.3) is 0 Å². The first-order valence-electron chi connectivity index (χ1n) is 7.90. The molecule has 0 bridgehead atoms. The third-order valence-electron chi connectivity index (χ3n) is 3.78. The summed E-state index contributed by atoms with van der Waals surface area (Å²) in [5, 5.41) is 0. The minimum atomic E-state index is -0.450. The zero-order valence-corrected chi connectivity index (χ0v) is 14.3. The molecule has 2 heterocycles. The molecule has 1 amide bonds. The SMILES string of the molecule is Cc1ccc(N(C)C[C@@H]2CCCN2C(=O)OC(C)(C)C)nc1. The minimum absolute atomic E-state index is 0.183. The quantitative estimate of drug-likeness (QED) is 0.860. The van der Waals surface area contributed by atoms with Crippen molar-refractivity contribution in [1.82, 2.24) is 9.88 Å². The Hall–Kier alpha value is -1.78. The average molecular weight is 305 g/mol. The predicted molar refractivity (Wildman–Crippen MR) is 88.2 cm³/mol. The summed E-state index contributed by atoms with van der Waals surface area (Å²) in [6.07, 6.45) is 3.70. The highest BCUT2D eigenvalue weighted by molar-refractivity contribution is 5.69. The Balaban J connectivity index is 1.98. The van der Waals surface area contributed by atoms with Crippen LogP contribution in [0.1, 0.15) is 39.2 Å². The van der Waals surface area contributed by atoms with Crippen LogP contribution in [-0.4, -0.2) is 47.8 Å². The normalized spacial score (nSPS) is 18.4. The van der Waals surface area contributed by atoms with Gasteiger partial charge in [-0.2, -0.15) is 0 Å². The van der Waals surface area contributed by atoms with E-state index in [1.165, 1.54) is 0 Å². The molecule has 1 aliphatic heterocycles. The molecule has 5 heteroatoms. The van der Waals surface area contributed by atoms with Gasteiger partial charge in [0.05, 0.1) is 6.04 Å². The molecule has 0 saturated carbocycles. The van der Waals surface area contributed by atoms with Crippen LogP contribution < -0.4 is 4.90 Å².